The van der Waals surface area contributed by atoms with Crippen LogP contribution in [0.15, 0.2) is 35.4 Å². The molecule has 0 bridgehead atoms. The highest BCUT2D eigenvalue weighted by atomic mass is 16.4. The molecule has 1 aromatic rings. The number of nitrogens with one attached hydrogen (secondary N) is 2. The minimum atomic E-state index is -1.20. The highest BCUT2D eigenvalue weighted by Crippen LogP contribution is 2.34. The number of rotatable bonds is 4. The largest absolute Gasteiger partial charge is 0.550 e. The second-order valence-electron chi connectivity index (χ2n) is 6.25. The molecule has 2 rings (SSSR count). The first-order valence-electron chi connectivity index (χ1n) is 7.82. The molecule has 2 atom stereocenters. The molecule has 0 aliphatic heterocycles. The summed E-state index contributed by atoms with van der Waals surface area (Å²) in [5, 5.41) is 16.8. The van der Waals surface area contributed by atoms with Crippen LogP contribution in [0.2, 0.25) is 0 Å². The Morgan fingerprint density at radius 1 is 1.00 bits per heavy atom. The van der Waals surface area contributed by atoms with E-state index < -0.39 is 17.8 Å². The van der Waals surface area contributed by atoms with E-state index in [1.54, 1.807) is 24.3 Å². The van der Waals surface area contributed by atoms with Crippen LogP contribution in [-0.2, 0) is 14.4 Å². The molecule has 2 N–H and O–H groups in total. The monoisotopic (exact) mass is 329 g/mol. The number of carbonyl (C=O) groups is 3. The van der Waals surface area contributed by atoms with Gasteiger partial charge in [-0.25, -0.2) is 0 Å². The Morgan fingerprint density at radius 3 is 2.08 bits per heavy atom. The average molecular weight is 329 g/mol. The van der Waals surface area contributed by atoms with Gasteiger partial charge in [0.15, 0.2) is 0 Å². The van der Waals surface area contributed by atoms with Crippen LogP contribution >= 0.6 is 0 Å². The number of carboxylic acid groups (broad SMARTS) is 1. The summed E-state index contributed by atoms with van der Waals surface area (Å²) in [6.07, 6.45) is 0.736. The van der Waals surface area contributed by atoms with Crippen LogP contribution in [0.1, 0.15) is 33.6 Å². The molecule has 24 heavy (non-hydrogen) atoms. The Kier molecular flexibility index (Phi) is 5.39. The van der Waals surface area contributed by atoms with E-state index in [0.717, 1.165) is 11.1 Å². The zero-order valence-electron chi connectivity index (χ0n) is 14.0. The topological polar surface area (TPSA) is 98.3 Å². The van der Waals surface area contributed by atoms with Crippen LogP contribution in [0.4, 0.5) is 11.4 Å². The van der Waals surface area contributed by atoms with Crippen molar-refractivity contribution in [2.45, 2.75) is 33.6 Å². The van der Waals surface area contributed by atoms with Crippen molar-refractivity contribution in [1.29, 1.82) is 0 Å². The summed E-state index contributed by atoms with van der Waals surface area (Å²) >= 11 is 0. The summed E-state index contributed by atoms with van der Waals surface area (Å²) in [6, 6.07) is 6.73. The molecule has 2 amide bonds. The number of aliphatic carboxylic acids is 1. The fourth-order valence-electron chi connectivity index (χ4n) is 2.93. The van der Waals surface area contributed by atoms with Gasteiger partial charge in [0, 0.05) is 30.2 Å². The second kappa shape index (κ2) is 7.29. The van der Waals surface area contributed by atoms with Crippen LogP contribution in [0.25, 0.3) is 0 Å². The standard InChI is InChI=1S/C18H22N2O4/c1-10-7-15(16(18(23)24)8-11(10)2)17(22)20-14-6-4-5-13(9-14)19-12(3)21/h4-6,9,15-16H,7-8H2,1-3H3,(H,19,21)(H,20,22)(H,23,24)/p-1/t15-,16-/m1/s1. The minimum Gasteiger partial charge on any atom is -0.550 e. The average Bonchev–Trinajstić information content (AvgIpc) is 2.49. The van der Waals surface area contributed by atoms with E-state index in [-0.39, 0.29) is 11.8 Å². The first kappa shape index (κ1) is 17.7. The van der Waals surface area contributed by atoms with E-state index >= 15 is 0 Å². The zero-order valence-corrected chi connectivity index (χ0v) is 14.0. The van der Waals surface area contributed by atoms with Gasteiger partial charge in [-0.3, -0.25) is 9.59 Å². The first-order chi connectivity index (χ1) is 11.3. The van der Waals surface area contributed by atoms with Crippen molar-refractivity contribution in [1.82, 2.24) is 0 Å². The van der Waals surface area contributed by atoms with Gasteiger partial charge in [-0.1, -0.05) is 17.2 Å². The van der Waals surface area contributed by atoms with E-state index in [1.165, 1.54) is 6.92 Å². The van der Waals surface area contributed by atoms with Gasteiger partial charge in [0.05, 0.1) is 5.92 Å². The Morgan fingerprint density at radius 2 is 1.54 bits per heavy atom. The van der Waals surface area contributed by atoms with Gasteiger partial charge in [-0.15, -0.1) is 0 Å². The van der Waals surface area contributed by atoms with Crippen molar-refractivity contribution in [2.24, 2.45) is 11.8 Å². The highest BCUT2D eigenvalue weighted by molar-refractivity contribution is 5.96. The summed E-state index contributed by atoms with van der Waals surface area (Å²) in [5.74, 6) is -3.25. The number of benzene rings is 1. The maximum Gasteiger partial charge on any atom is 0.228 e. The number of hydrogen-bond donors (Lipinski definition) is 2. The predicted octanol–water partition coefficient (Wildman–Crippen LogP) is 1.70. The van der Waals surface area contributed by atoms with E-state index in [4.69, 9.17) is 0 Å². The number of amides is 2. The molecule has 1 aliphatic carbocycles. The summed E-state index contributed by atoms with van der Waals surface area (Å²) in [4.78, 5) is 35.0. The Hall–Kier alpha value is -2.63. The molecule has 1 aliphatic rings. The normalized spacial score (nSPS) is 20.5. The molecule has 6 nitrogen and oxygen atoms in total. The molecule has 0 aromatic heterocycles. The SMILES string of the molecule is CC(=O)Nc1cccc(NC(=O)[C@@H]2CC(C)=C(C)C[C@H]2C(=O)[O-])c1. The molecule has 0 heterocycles. The summed E-state index contributed by atoms with van der Waals surface area (Å²) in [7, 11) is 0. The Bertz CT molecular complexity index is 709. The summed E-state index contributed by atoms with van der Waals surface area (Å²) in [5.41, 5.74) is 3.11. The third kappa shape index (κ3) is 4.22. The van der Waals surface area contributed by atoms with Crippen LogP contribution in [0.5, 0.6) is 0 Å². The molecule has 128 valence electrons. The van der Waals surface area contributed by atoms with E-state index in [1.807, 2.05) is 13.8 Å². The van der Waals surface area contributed by atoms with Crippen molar-refractivity contribution < 1.29 is 19.5 Å². The van der Waals surface area contributed by atoms with Gasteiger partial charge >= 0.3 is 0 Å². The predicted molar refractivity (Wildman–Crippen MR) is 89.0 cm³/mol. The van der Waals surface area contributed by atoms with Gasteiger partial charge in [-0.2, -0.15) is 0 Å². The second-order valence-corrected chi connectivity index (χ2v) is 6.25. The Balaban J connectivity index is 2.16. The lowest BCUT2D eigenvalue weighted by Crippen LogP contribution is -2.42. The van der Waals surface area contributed by atoms with Crippen molar-refractivity contribution in [3.8, 4) is 0 Å². The van der Waals surface area contributed by atoms with E-state index in [9.17, 15) is 19.5 Å². The van der Waals surface area contributed by atoms with Crippen LogP contribution in [0, 0.1) is 11.8 Å². The highest BCUT2D eigenvalue weighted by Gasteiger charge is 2.33. The van der Waals surface area contributed by atoms with Crippen LogP contribution < -0.4 is 15.7 Å². The van der Waals surface area contributed by atoms with Crippen LogP contribution in [-0.4, -0.2) is 17.8 Å². The molecule has 0 saturated heterocycles. The molecule has 0 radical (unpaired) electrons. The molecule has 0 saturated carbocycles. The van der Waals surface area contributed by atoms with Gasteiger partial charge in [0.25, 0.3) is 0 Å². The molecule has 0 spiro atoms. The van der Waals surface area contributed by atoms with Gasteiger partial charge in [-0.05, 0) is 44.9 Å². The third-order valence-corrected chi connectivity index (χ3v) is 4.36. The summed E-state index contributed by atoms with van der Waals surface area (Å²) < 4.78 is 0. The molecular formula is C18H21N2O4-. The zero-order chi connectivity index (χ0) is 17.9. The summed E-state index contributed by atoms with van der Waals surface area (Å²) in [6.45, 7) is 5.20. The lowest BCUT2D eigenvalue weighted by molar-refractivity contribution is -0.313. The number of allylic oxidation sites excluding steroid dienone is 2. The van der Waals surface area contributed by atoms with Crippen molar-refractivity contribution in [3.63, 3.8) is 0 Å². The maximum absolute atomic E-state index is 12.6. The van der Waals surface area contributed by atoms with Crippen molar-refractivity contribution >= 4 is 29.2 Å². The molecule has 0 unspecified atom stereocenters. The lowest BCUT2D eigenvalue weighted by atomic mass is 9.76. The number of carbonyl (C=O) groups excluding carboxylic acids is 3. The van der Waals surface area contributed by atoms with Gasteiger partial charge < -0.3 is 20.5 Å². The molecular weight excluding hydrogens is 308 g/mol. The quantitative estimate of drug-likeness (QED) is 0.821. The van der Waals surface area contributed by atoms with E-state index in [2.05, 4.69) is 10.6 Å². The molecule has 1 aromatic carbocycles. The maximum atomic E-state index is 12.6. The number of hydrogen-bond acceptors (Lipinski definition) is 4. The van der Waals surface area contributed by atoms with E-state index in [0.29, 0.717) is 24.2 Å². The number of anilines is 2. The molecule has 0 fully saturated rings. The fourth-order valence-corrected chi connectivity index (χ4v) is 2.93. The number of carboxylic acids is 1. The van der Waals surface area contributed by atoms with Crippen molar-refractivity contribution in [2.75, 3.05) is 10.6 Å². The minimum absolute atomic E-state index is 0.209. The van der Waals surface area contributed by atoms with Gasteiger partial charge in [0.2, 0.25) is 11.8 Å². The van der Waals surface area contributed by atoms with Crippen LogP contribution in [0.3, 0.4) is 0 Å². The smallest absolute Gasteiger partial charge is 0.228 e. The van der Waals surface area contributed by atoms with Gasteiger partial charge in [0.1, 0.15) is 0 Å². The Labute approximate surface area is 140 Å². The first-order valence-corrected chi connectivity index (χ1v) is 7.82. The lowest BCUT2D eigenvalue weighted by Gasteiger charge is -2.32. The van der Waals surface area contributed by atoms with Crippen molar-refractivity contribution in [3.05, 3.63) is 35.4 Å². The molecule has 6 heteroatoms. The third-order valence-electron chi connectivity index (χ3n) is 4.36. The fraction of sp³-hybridized carbons (Fsp3) is 0.389.